The number of pyridine rings is 1. The van der Waals surface area contributed by atoms with Crippen LogP contribution in [-0.2, 0) is 0 Å². The zero-order valence-electron chi connectivity index (χ0n) is 7.86. The summed E-state index contributed by atoms with van der Waals surface area (Å²) in [6, 6.07) is 2.75. The Morgan fingerprint density at radius 1 is 1.50 bits per heavy atom. The van der Waals surface area contributed by atoms with E-state index in [4.69, 9.17) is 5.73 Å². The fourth-order valence-corrected chi connectivity index (χ4v) is 2.64. The highest BCUT2D eigenvalue weighted by Gasteiger charge is 2.17. The Labute approximate surface area is 98.7 Å². The number of nitrogen functional groups attached to an aromatic ring is 1. The van der Waals surface area contributed by atoms with Crippen molar-refractivity contribution in [1.82, 2.24) is 9.97 Å². The van der Waals surface area contributed by atoms with Crippen LogP contribution in [0, 0.1) is 10.1 Å². The highest BCUT2D eigenvalue weighted by Crippen LogP contribution is 2.34. The molecule has 0 amide bonds. The molecule has 0 saturated heterocycles. The van der Waals surface area contributed by atoms with Gasteiger partial charge in [-0.25, -0.2) is 9.97 Å². The van der Waals surface area contributed by atoms with Crippen molar-refractivity contribution in [3.8, 4) is 0 Å². The summed E-state index contributed by atoms with van der Waals surface area (Å²) in [6.45, 7) is 0. The number of hydrogen-bond donors (Lipinski definition) is 1. The molecule has 0 aliphatic carbocycles. The van der Waals surface area contributed by atoms with E-state index < -0.39 is 4.92 Å². The molecule has 2 rings (SSSR count). The van der Waals surface area contributed by atoms with Gasteiger partial charge in [0.25, 0.3) is 0 Å². The minimum Gasteiger partial charge on any atom is -0.384 e. The Balaban J connectivity index is 2.38. The molecule has 2 aromatic heterocycles. The average Bonchev–Trinajstić information content (AvgIpc) is 2.70. The van der Waals surface area contributed by atoms with Crippen LogP contribution >= 0.6 is 23.1 Å². The lowest BCUT2D eigenvalue weighted by atomic mass is 10.4. The van der Waals surface area contributed by atoms with Gasteiger partial charge in [-0.05, 0) is 17.8 Å². The smallest absolute Gasteiger partial charge is 0.301 e. The predicted octanol–water partition coefficient (Wildman–Crippen LogP) is 2.18. The quantitative estimate of drug-likeness (QED) is 0.666. The maximum absolute atomic E-state index is 10.8. The summed E-state index contributed by atoms with van der Waals surface area (Å²) in [5, 5.41) is 12.8. The van der Waals surface area contributed by atoms with Gasteiger partial charge in [-0.2, -0.15) is 0 Å². The van der Waals surface area contributed by atoms with Crippen molar-refractivity contribution >= 4 is 34.6 Å². The second-order valence-electron chi connectivity index (χ2n) is 2.72. The average molecular weight is 254 g/mol. The molecule has 0 atom stereocenters. The molecule has 6 nitrogen and oxygen atoms in total. The number of rotatable bonds is 3. The minimum absolute atomic E-state index is 0.0607. The van der Waals surface area contributed by atoms with Crippen LogP contribution in [0.15, 0.2) is 33.1 Å². The molecule has 0 aromatic carbocycles. The third-order valence-corrected chi connectivity index (χ3v) is 3.53. The third-order valence-electron chi connectivity index (χ3n) is 1.65. The van der Waals surface area contributed by atoms with Crippen molar-refractivity contribution in [2.75, 3.05) is 5.73 Å². The summed E-state index contributed by atoms with van der Waals surface area (Å²) in [5.41, 5.74) is 5.43. The molecule has 0 fully saturated rings. The molecule has 82 valence electrons. The molecule has 0 spiro atoms. The lowest BCUT2D eigenvalue weighted by molar-refractivity contribution is -0.388. The Morgan fingerprint density at radius 2 is 2.31 bits per heavy atom. The maximum Gasteiger partial charge on any atom is 0.301 e. The molecule has 0 radical (unpaired) electrons. The van der Waals surface area contributed by atoms with Gasteiger partial charge in [-0.1, -0.05) is 0 Å². The molecule has 0 aliphatic heterocycles. The molecular formula is C8H6N4O2S2. The zero-order valence-corrected chi connectivity index (χ0v) is 9.49. The van der Waals surface area contributed by atoms with E-state index in [2.05, 4.69) is 9.97 Å². The van der Waals surface area contributed by atoms with E-state index in [1.54, 1.807) is 11.6 Å². The van der Waals surface area contributed by atoms with Crippen molar-refractivity contribution in [2.24, 2.45) is 0 Å². The van der Waals surface area contributed by atoms with Crippen LogP contribution in [0.1, 0.15) is 0 Å². The molecule has 2 heterocycles. The van der Waals surface area contributed by atoms with E-state index in [1.165, 1.54) is 23.5 Å². The van der Waals surface area contributed by atoms with Gasteiger partial charge < -0.3 is 5.73 Å². The van der Waals surface area contributed by atoms with Crippen LogP contribution < -0.4 is 5.73 Å². The van der Waals surface area contributed by atoms with Gasteiger partial charge in [0, 0.05) is 17.6 Å². The molecule has 0 unspecified atom stereocenters. The fourth-order valence-electron chi connectivity index (χ4n) is 1.00. The first-order valence-electron chi connectivity index (χ1n) is 4.15. The monoisotopic (exact) mass is 254 g/mol. The summed E-state index contributed by atoms with van der Waals surface area (Å²) in [6.07, 6.45) is 1.63. The van der Waals surface area contributed by atoms with Gasteiger partial charge in [0.05, 0.1) is 4.92 Å². The molecular weight excluding hydrogens is 248 g/mol. The van der Waals surface area contributed by atoms with Crippen molar-refractivity contribution < 1.29 is 4.92 Å². The highest BCUT2D eigenvalue weighted by molar-refractivity contribution is 8.01. The summed E-state index contributed by atoms with van der Waals surface area (Å²) in [5.74, 6) is 0.254. The predicted molar refractivity (Wildman–Crippen MR) is 61.5 cm³/mol. The molecule has 0 aliphatic rings. The normalized spacial score (nSPS) is 10.2. The summed E-state index contributed by atoms with van der Waals surface area (Å²) in [7, 11) is 0. The van der Waals surface area contributed by atoms with E-state index in [9.17, 15) is 10.1 Å². The first-order chi connectivity index (χ1) is 7.66. The number of aromatic nitrogens is 2. The van der Waals surface area contributed by atoms with Gasteiger partial charge in [-0.3, -0.25) is 10.1 Å². The SMILES string of the molecule is Nc1ccc([N+](=O)[O-])c(Sc2nccs2)n1. The topological polar surface area (TPSA) is 94.9 Å². The Bertz CT molecular complexity index is 515. The van der Waals surface area contributed by atoms with Gasteiger partial charge in [0.2, 0.25) is 0 Å². The Kier molecular flexibility index (Phi) is 3.02. The number of hydrogen-bond acceptors (Lipinski definition) is 7. The fraction of sp³-hybridized carbons (Fsp3) is 0. The van der Waals surface area contributed by atoms with E-state index >= 15 is 0 Å². The summed E-state index contributed by atoms with van der Waals surface area (Å²) < 4.78 is 0.696. The number of nitro groups is 1. The lowest BCUT2D eigenvalue weighted by Gasteiger charge is -2.00. The molecule has 2 N–H and O–H groups in total. The Morgan fingerprint density at radius 3 is 2.94 bits per heavy atom. The van der Waals surface area contributed by atoms with Gasteiger partial charge in [0.1, 0.15) is 5.82 Å². The van der Waals surface area contributed by atoms with Crippen molar-refractivity contribution in [3.05, 3.63) is 33.8 Å². The first kappa shape index (κ1) is 10.8. The molecule has 8 heteroatoms. The van der Waals surface area contributed by atoms with Crippen LogP contribution in [0.5, 0.6) is 0 Å². The maximum atomic E-state index is 10.8. The summed E-state index contributed by atoms with van der Waals surface area (Å²) >= 11 is 2.53. The molecule has 2 aromatic rings. The first-order valence-corrected chi connectivity index (χ1v) is 5.84. The van der Waals surface area contributed by atoms with E-state index in [1.807, 2.05) is 0 Å². The zero-order chi connectivity index (χ0) is 11.5. The van der Waals surface area contributed by atoms with E-state index in [0.29, 0.717) is 4.34 Å². The van der Waals surface area contributed by atoms with Crippen LogP contribution in [0.4, 0.5) is 11.5 Å². The van der Waals surface area contributed by atoms with Crippen LogP contribution in [0.25, 0.3) is 0 Å². The molecule has 16 heavy (non-hydrogen) atoms. The van der Waals surface area contributed by atoms with Crippen LogP contribution in [0.3, 0.4) is 0 Å². The van der Waals surface area contributed by atoms with Crippen molar-refractivity contribution in [2.45, 2.75) is 9.37 Å². The second kappa shape index (κ2) is 4.45. The molecule has 0 saturated carbocycles. The minimum atomic E-state index is -0.484. The van der Waals surface area contributed by atoms with Gasteiger partial charge in [0.15, 0.2) is 9.37 Å². The third kappa shape index (κ3) is 2.28. The number of thiazole rings is 1. The Hall–Kier alpha value is -1.67. The largest absolute Gasteiger partial charge is 0.384 e. The number of nitrogens with two attached hydrogens (primary N) is 1. The van der Waals surface area contributed by atoms with Gasteiger partial charge >= 0.3 is 5.69 Å². The van der Waals surface area contributed by atoms with Crippen molar-refractivity contribution in [3.63, 3.8) is 0 Å². The van der Waals surface area contributed by atoms with E-state index in [-0.39, 0.29) is 16.5 Å². The van der Waals surface area contributed by atoms with Crippen molar-refractivity contribution in [1.29, 1.82) is 0 Å². The second-order valence-corrected chi connectivity index (χ2v) is 4.85. The molecule has 0 bridgehead atoms. The number of anilines is 1. The van der Waals surface area contributed by atoms with Crippen LogP contribution in [-0.4, -0.2) is 14.9 Å². The number of nitrogens with zero attached hydrogens (tertiary/aromatic N) is 3. The van der Waals surface area contributed by atoms with E-state index in [0.717, 1.165) is 11.8 Å². The van der Waals surface area contributed by atoms with Crippen LogP contribution in [0.2, 0.25) is 0 Å². The standard InChI is InChI=1S/C8H6N4O2S2/c9-6-2-1-5(12(13)14)7(11-6)16-8-10-3-4-15-8/h1-4H,(H2,9,11). The highest BCUT2D eigenvalue weighted by atomic mass is 32.2. The lowest BCUT2D eigenvalue weighted by Crippen LogP contribution is -1.97. The summed E-state index contributed by atoms with van der Waals surface area (Å²) in [4.78, 5) is 18.2. The van der Waals surface area contributed by atoms with Gasteiger partial charge in [-0.15, -0.1) is 11.3 Å².